The van der Waals surface area contributed by atoms with E-state index in [2.05, 4.69) is 85.9 Å². The number of benzene rings is 3. The highest BCUT2D eigenvalue weighted by atomic mass is 28.2. The minimum atomic E-state index is -1.18. The van der Waals surface area contributed by atoms with Crippen molar-refractivity contribution < 1.29 is 14.3 Å². The summed E-state index contributed by atoms with van der Waals surface area (Å²) in [6.07, 6.45) is 0.671. The number of rotatable bonds is 9. The lowest BCUT2D eigenvalue weighted by Gasteiger charge is -2.53. The lowest BCUT2D eigenvalue weighted by Crippen LogP contribution is -2.64. The highest BCUT2D eigenvalue weighted by Crippen LogP contribution is 2.46. The highest BCUT2D eigenvalue weighted by molar-refractivity contribution is 5.98. The third kappa shape index (κ3) is 4.99. The van der Waals surface area contributed by atoms with E-state index in [1.165, 1.54) is 16.3 Å². The number of ether oxygens (including phenoxy) is 1. The zero-order valence-corrected chi connectivity index (χ0v) is 20.9. The predicted octanol–water partition coefficient (Wildman–Crippen LogP) is 5.87. The molecule has 3 atom stereocenters. The topological polar surface area (TPSA) is 38.7 Å². The fourth-order valence-electron chi connectivity index (χ4n) is 4.45. The standard InChI is InChI=1S/C28H35O3Si/c1-26(2,3)28(5,31-32)27(4,29)24(20-30-19-21-12-7-6-8-13-21)18-23-16-11-15-22-14-9-10-17-25(22)23/h6-17,24,29H,18-20H2,1-5H3/t24-,27+,28?/m0/s1. The Balaban J connectivity index is 1.94. The molecule has 4 heteroatoms. The molecule has 32 heavy (non-hydrogen) atoms. The monoisotopic (exact) mass is 447 g/mol. The van der Waals surface area contributed by atoms with Gasteiger partial charge >= 0.3 is 0 Å². The first-order valence-corrected chi connectivity index (χ1v) is 11.7. The van der Waals surface area contributed by atoms with Crippen LogP contribution >= 0.6 is 0 Å². The third-order valence-electron chi connectivity index (χ3n) is 7.17. The van der Waals surface area contributed by atoms with E-state index < -0.39 is 11.2 Å². The van der Waals surface area contributed by atoms with Crippen LogP contribution < -0.4 is 0 Å². The molecule has 0 bridgehead atoms. The molecular weight excluding hydrogens is 412 g/mol. The van der Waals surface area contributed by atoms with Gasteiger partial charge in [-0.25, -0.2) is 0 Å². The number of hydrogen-bond donors (Lipinski definition) is 1. The van der Waals surface area contributed by atoms with E-state index in [-0.39, 0.29) is 11.3 Å². The van der Waals surface area contributed by atoms with E-state index in [1.807, 2.05) is 32.0 Å². The van der Waals surface area contributed by atoms with Crippen molar-refractivity contribution in [1.29, 1.82) is 0 Å². The molecule has 0 aromatic heterocycles. The molecule has 0 spiro atoms. The zero-order chi connectivity index (χ0) is 23.4. The summed E-state index contributed by atoms with van der Waals surface area (Å²) in [4.78, 5) is 0. The smallest absolute Gasteiger partial charge is 0.247 e. The summed E-state index contributed by atoms with van der Waals surface area (Å²) in [5.74, 6) is -0.197. The molecule has 0 fully saturated rings. The summed E-state index contributed by atoms with van der Waals surface area (Å²) in [6.45, 7) is 11.0. The van der Waals surface area contributed by atoms with Crippen molar-refractivity contribution >= 4 is 21.3 Å². The van der Waals surface area contributed by atoms with E-state index in [0.29, 0.717) is 19.6 Å². The predicted molar refractivity (Wildman–Crippen MR) is 133 cm³/mol. The van der Waals surface area contributed by atoms with Crippen molar-refractivity contribution in [2.24, 2.45) is 11.3 Å². The second kappa shape index (κ2) is 9.88. The fraction of sp³-hybridized carbons (Fsp3) is 0.429. The van der Waals surface area contributed by atoms with Crippen LogP contribution in [0.2, 0.25) is 0 Å². The summed E-state index contributed by atoms with van der Waals surface area (Å²) >= 11 is 0. The SMILES string of the molecule is CC(C)(C)C(C)(O[Si])[C@](C)(O)[C@H](COCc1ccccc1)Cc1cccc2ccccc12. The molecule has 0 aliphatic rings. The van der Waals surface area contributed by atoms with E-state index in [9.17, 15) is 5.11 Å². The van der Waals surface area contributed by atoms with Crippen molar-refractivity contribution in [1.82, 2.24) is 0 Å². The van der Waals surface area contributed by atoms with Gasteiger partial charge in [0, 0.05) is 5.92 Å². The van der Waals surface area contributed by atoms with Crippen molar-refractivity contribution in [3.63, 3.8) is 0 Å². The first-order chi connectivity index (χ1) is 15.1. The van der Waals surface area contributed by atoms with Crippen molar-refractivity contribution in [2.45, 2.75) is 58.8 Å². The van der Waals surface area contributed by atoms with Crippen LogP contribution in [0.4, 0.5) is 0 Å². The number of aliphatic hydroxyl groups is 1. The maximum absolute atomic E-state index is 12.0. The van der Waals surface area contributed by atoms with E-state index in [4.69, 9.17) is 9.16 Å². The molecule has 0 aliphatic heterocycles. The molecule has 3 nitrogen and oxygen atoms in total. The van der Waals surface area contributed by atoms with Gasteiger partial charge in [0.2, 0.25) is 10.5 Å². The summed E-state index contributed by atoms with van der Waals surface area (Å²) in [6, 6.07) is 24.9. The van der Waals surface area contributed by atoms with E-state index in [1.54, 1.807) is 0 Å². The van der Waals surface area contributed by atoms with Crippen LogP contribution in [-0.4, -0.2) is 33.4 Å². The average molecular weight is 448 g/mol. The van der Waals surface area contributed by atoms with Gasteiger partial charge in [0.25, 0.3) is 0 Å². The van der Waals surface area contributed by atoms with Gasteiger partial charge in [0.1, 0.15) is 0 Å². The summed E-state index contributed by atoms with van der Waals surface area (Å²) in [7, 11) is 3.30. The first kappa shape index (κ1) is 24.7. The Bertz CT molecular complexity index is 1000. The second-order valence-corrected chi connectivity index (χ2v) is 10.3. The molecule has 0 saturated carbocycles. The largest absolute Gasteiger partial charge is 0.410 e. The quantitative estimate of drug-likeness (QED) is 0.417. The lowest BCUT2D eigenvalue weighted by molar-refractivity contribution is -0.200. The number of hydrogen-bond acceptors (Lipinski definition) is 3. The molecule has 3 rings (SSSR count). The molecule has 0 aliphatic carbocycles. The molecular formula is C28H35O3Si. The summed E-state index contributed by atoms with van der Waals surface area (Å²) in [5.41, 5.74) is -0.0506. The minimum absolute atomic E-state index is 0.197. The maximum atomic E-state index is 12.0. The normalized spacial score (nSPS) is 17.0. The first-order valence-electron chi connectivity index (χ1n) is 11.3. The van der Waals surface area contributed by atoms with Gasteiger partial charge in [0.15, 0.2) is 0 Å². The van der Waals surface area contributed by atoms with Crippen LogP contribution in [0.3, 0.4) is 0 Å². The zero-order valence-electron chi connectivity index (χ0n) is 19.9. The van der Waals surface area contributed by atoms with Gasteiger partial charge in [-0.15, -0.1) is 0 Å². The van der Waals surface area contributed by atoms with Crippen molar-refractivity contribution in [3.05, 3.63) is 83.9 Å². The van der Waals surface area contributed by atoms with Crippen LogP contribution in [0.15, 0.2) is 72.8 Å². The highest BCUT2D eigenvalue weighted by Gasteiger charge is 2.55. The van der Waals surface area contributed by atoms with Gasteiger partial charge in [-0.05, 0) is 47.6 Å². The van der Waals surface area contributed by atoms with E-state index >= 15 is 0 Å². The second-order valence-electron chi connectivity index (χ2n) is 10.1. The van der Waals surface area contributed by atoms with Gasteiger partial charge in [0.05, 0.1) is 24.4 Å². The van der Waals surface area contributed by atoms with Gasteiger partial charge < -0.3 is 14.3 Å². The molecule has 3 aromatic rings. The molecule has 1 unspecified atom stereocenters. The van der Waals surface area contributed by atoms with Crippen LogP contribution in [0.5, 0.6) is 0 Å². The molecule has 169 valence electrons. The van der Waals surface area contributed by atoms with Gasteiger partial charge in [-0.2, -0.15) is 0 Å². The van der Waals surface area contributed by atoms with Crippen LogP contribution in [0.25, 0.3) is 10.8 Å². The minimum Gasteiger partial charge on any atom is -0.410 e. The molecule has 3 aromatic carbocycles. The maximum Gasteiger partial charge on any atom is 0.247 e. The van der Waals surface area contributed by atoms with E-state index in [0.717, 1.165) is 5.56 Å². The molecule has 1 N–H and O–H groups in total. The van der Waals surface area contributed by atoms with Crippen LogP contribution in [0.1, 0.15) is 45.7 Å². The Hall–Kier alpha value is -1.98. The summed E-state index contributed by atoms with van der Waals surface area (Å²) < 4.78 is 12.0. The average Bonchev–Trinajstić information content (AvgIpc) is 2.77. The van der Waals surface area contributed by atoms with Crippen LogP contribution in [-0.2, 0) is 22.2 Å². The Morgan fingerprint density at radius 2 is 1.47 bits per heavy atom. The molecule has 0 saturated heterocycles. The van der Waals surface area contributed by atoms with Gasteiger partial charge in [-0.3, -0.25) is 0 Å². The van der Waals surface area contributed by atoms with Crippen LogP contribution in [0, 0.1) is 11.3 Å². The van der Waals surface area contributed by atoms with Crippen molar-refractivity contribution in [2.75, 3.05) is 6.61 Å². The Morgan fingerprint density at radius 1 is 0.844 bits per heavy atom. The molecule has 3 radical (unpaired) electrons. The fourth-order valence-corrected chi connectivity index (χ4v) is 4.97. The lowest BCUT2D eigenvalue weighted by atomic mass is 9.63. The molecule has 0 heterocycles. The third-order valence-corrected chi connectivity index (χ3v) is 7.58. The molecule has 0 amide bonds. The van der Waals surface area contributed by atoms with Crippen molar-refractivity contribution in [3.8, 4) is 0 Å². The Labute approximate surface area is 196 Å². The Morgan fingerprint density at radius 3 is 2.12 bits per heavy atom. The Kier molecular flexibility index (Phi) is 7.61. The number of fused-ring (bicyclic) bond motifs is 1. The summed E-state index contributed by atoms with van der Waals surface area (Å²) in [5, 5.41) is 14.4. The van der Waals surface area contributed by atoms with Gasteiger partial charge in [-0.1, -0.05) is 93.6 Å².